The minimum absolute atomic E-state index is 0.0725. The Hall–Kier alpha value is -0.590. The van der Waals surface area contributed by atoms with Crippen molar-refractivity contribution in [2.24, 2.45) is 0 Å². The number of alkyl halides is 1. The van der Waals surface area contributed by atoms with Gasteiger partial charge in [0.15, 0.2) is 0 Å². The molecule has 5 nitrogen and oxygen atoms in total. The minimum Gasteiger partial charge on any atom is -0.284 e. The number of H-pyrrole nitrogens is 1. The zero-order chi connectivity index (χ0) is 10.2. The van der Waals surface area contributed by atoms with Crippen LogP contribution in [0.2, 0.25) is 0 Å². The molecule has 1 aromatic heterocycles. The smallest absolute Gasteiger partial charge is 0.246 e. The normalized spacial score (nSPS) is 24.2. The van der Waals surface area contributed by atoms with Crippen LogP contribution in [0.25, 0.3) is 0 Å². The molecule has 1 aliphatic rings. The molecule has 1 aliphatic heterocycles. The van der Waals surface area contributed by atoms with E-state index < -0.39 is 10.0 Å². The Balaban J connectivity index is 2.26. The molecule has 0 spiro atoms. The third kappa shape index (κ3) is 1.65. The van der Waals surface area contributed by atoms with Crippen LogP contribution in [-0.2, 0) is 10.0 Å². The molecule has 78 valence electrons. The molecule has 1 fully saturated rings. The van der Waals surface area contributed by atoms with Gasteiger partial charge in [-0.3, -0.25) is 5.10 Å². The fourth-order valence-electron chi connectivity index (χ4n) is 1.44. The summed E-state index contributed by atoms with van der Waals surface area (Å²) in [7, 11) is -3.37. The van der Waals surface area contributed by atoms with Crippen molar-refractivity contribution in [3.63, 3.8) is 0 Å². The third-order valence-corrected chi connectivity index (χ3v) is 4.39. The van der Waals surface area contributed by atoms with Crippen LogP contribution >= 0.6 is 11.6 Å². The first-order chi connectivity index (χ1) is 6.60. The number of rotatable bonds is 2. The highest BCUT2D eigenvalue weighted by Gasteiger charge is 2.31. The van der Waals surface area contributed by atoms with Gasteiger partial charge in [-0.25, -0.2) is 8.42 Å². The minimum atomic E-state index is -3.37. The van der Waals surface area contributed by atoms with E-state index in [4.69, 9.17) is 11.6 Å². The lowest BCUT2D eigenvalue weighted by molar-refractivity contribution is 0.478. The summed E-state index contributed by atoms with van der Waals surface area (Å²) in [4.78, 5) is 0.197. The molecule has 0 bridgehead atoms. The number of nitrogens with one attached hydrogen (secondary N) is 1. The molecule has 2 rings (SSSR count). The number of aromatic amines is 1. The van der Waals surface area contributed by atoms with Crippen LogP contribution in [0.5, 0.6) is 0 Å². The number of sulfonamides is 1. The Morgan fingerprint density at radius 1 is 1.64 bits per heavy atom. The average Bonchev–Trinajstić information content (AvgIpc) is 2.72. The van der Waals surface area contributed by atoms with Gasteiger partial charge in [0.2, 0.25) is 10.0 Å². The second kappa shape index (κ2) is 3.52. The fraction of sp³-hybridized carbons (Fsp3) is 0.571. The molecule has 1 atom stereocenters. The van der Waals surface area contributed by atoms with Crippen molar-refractivity contribution >= 4 is 21.6 Å². The lowest BCUT2D eigenvalue weighted by Crippen LogP contribution is -2.28. The van der Waals surface area contributed by atoms with Gasteiger partial charge in [0.05, 0.1) is 6.20 Å². The van der Waals surface area contributed by atoms with E-state index in [1.165, 1.54) is 16.7 Å². The highest BCUT2D eigenvalue weighted by molar-refractivity contribution is 7.89. The van der Waals surface area contributed by atoms with Gasteiger partial charge in [-0.2, -0.15) is 9.40 Å². The molecular weight excluding hydrogens is 226 g/mol. The summed E-state index contributed by atoms with van der Waals surface area (Å²) in [6, 6.07) is 0. The number of hydrogen-bond acceptors (Lipinski definition) is 3. The van der Waals surface area contributed by atoms with Crippen LogP contribution in [-0.4, -0.2) is 41.4 Å². The van der Waals surface area contributed by atoms with Crippen molar-refractivity contribution in [2.45, 2.75) is 16.7 Å². The molecule has 0 saturated carbocycles. The molecule has 1 unspecified atom stereocenters. The summed E-state index contributed by atoms with van der Waals surface area (Å²) in [5.41, 5.74) is 0. The zero-order valence-corrected chi connectivity index (χ0v) is 8.92. The highest BCUT2D eigenvalue weighted by Crippen LogP contribution is 2.22. The van der Waals surface area contributed by atoms with Gasteiger partial charge in [-0.1, -0.05) is 0 Å². The van der Waals surface area contributed by atoms with Crippen LogP contribution in [0.15, 0.2) is 17.3 Å². The summed E-state index contributed by atoms with van der Waals surface area (Å²) < 4.78 is 25.1. The van der Waals surface area contributed by atoms with E-state index in [1.807, 2.05) is 0 Å². The molecule has 0 aliphatic carbocycles. The van der Waals surface area contributed by atoms with Crippen molar-refractivity contribution in [1.82, 2.24) is 14.5 Å². The SMILES string of the molecule is O=S(=O)(c1cn[nH]c1)N1CCC(Cl)C1. The average molecular weight is 236 g/mol. The van der Waals surface area contributed by atoms with E-state index in [-0.39, 0.29) is 10.3 Å². The molecule has 0 aromatic carbocycles. The molecule has 1 aromatic rings. The van der Waals surface area contributed by atoms with Gasteiger partial charge in [0.1, 0.15) is 4.90 Å². The number of nitrogens with zero attached hydrogens (tertiary/aromatic N) is 2. The summed E-state index contributed by atoms with van der Waals surface area (Å²) >= 11 is 5.84. The Morgan fingerprint density at radius 2 is 2.43 bits per heavy atom. The first kappa shape index (κ1) is 9.95. The van der Waals surface area contributed by atoms with Crippen molar-refractivity contribution in [3.8, 4) is 0 Å². The topological polar surface area (TPSA) is 66.1 Å². The Bertz CT molecular complexity index is 403. The van der Waals surface area contributed by atoms with Gasteiger partial charge < -0.3 is 0 Å². The second-order valence-electron chi connectivity index (χ2n) is 3.18. The molecule has 1 N–H and O–H groups in total. The quantitative estimate of drug-likeness (QED) is 0.756. The lowest BCUT2D eigenvalue weighted by Gasteiger charge is -2.13. The van der Waals surface area contributed by atoms with Gasteiger partial charge in [0.25, 0.3) is 0 Å². The van der Waals surface area contributed by atoms with E-state index in [0.29, 0.717) is 19.5 Å². The van der Waals surface area contributed by atoms with Crippen molar-refractivity contribution in [1.29, 1.82) is 0 Å². The van der Waals surface area contributed by atoms with Gasteiger partial charge in [-0.05, 0) is 6.42 Å². The van der Waals surface area contributed by atoms with Crippen molar-refractivity contribution < 1.29 is 8.42 Å². The highest BCUT2D eigenvalue weighted by atomic mass is 35.5. The largest absolute Gasteiger partial charge is 0.284 e. The summed E-state index contributed by atoms with van der Waals surface area (Å²) in [5.74, 6) is 0. The first-order valence-corrected chi connectivity index (χ1v) is 6.11. The fourth-order valence-corrected chi connectivity index (χ4v) is 3.19. The molecule has 1 saturated heterocycles. The maximum atomic E-state index is 11.8. The Morgan fingerprint density at radius 3 is 2.93 bits per heavy atom. The maximum Gasteiger partial charge on any atom is 0.246 e. The van der Waals surface area contributed by atoms with Gasteiger partial charge in [-0.15, -0.1) is 11.6 Å². The number of hydrogen-bond donors (Lipinski definition) is 1. The van der Waals surface area contributed by atoms with Crippen LogP contribution in [0.3, 0.4) is 0 Å². The summed E-state index contributed by atoms with van der Waals surface area (Å²) in [6.07, 6.45) is 3.38. The van der Waals surface area contributed by atoms with Crippen LogP contribution < -0.4 is 0 Å². The molecule has 7 heteroatoms. The third-order valence-electron chi connectivity index (χ3n) is 2.20. The van der Waals surface area contributed by atoms with Gasteiger partial charge in [0, 0.05) is 24.7 Å². The first-order valence-electron chi connectivity index (χ1n) is 4.24. The number of aromatic nitrogens is 2. The number of halogens is 1. The zero-order valence-electron chi connectivity index (χ0n) is 7.35. The van der Waals surface area contributed by atoms with E-state index in [2.05, 4.69) is 10.2 Å². The van der Waals surface area contributed by atoms with Crippen LogP contribution in [0.4, 0.5) is 0 Å². The van der Waals surface area contributed by atoms with Crippen molar-refractivity contribution in [2.75, 3.05) is 13.1 Å². The van der Waals surface area contributed by atoms with E-state index in [0.717, 1.165) is 0 Å². The predicted molar refractivity (Wildman–Crippen MR) is 51.6 cm³/mol. The maximum absolute atomic E-state index is 11.8. The van der Waals surface area contributed by atoms with E-state index >= 15 is 0 Å². The van der Waals surface area contributed by atoms with Crippen molar-refractivity contribution in [3.05, 3.63) is 12.4 Å². The lowest BCUT2D eigenvalue weighted by atomic mass is 10.4. The molecular formula is C7H10ClN3O2S. The molecule has 0 radical (unpaired) electrons. The Kier molecular flexibility index (Phi) is 2.50. The molecule has 14 heavy (non-hydrogen) atoms. The molecule has 0 amide bonds. The standard InChI is InChI=1S/C7H10ClN3O2S/c8-6-1-2-11(5-6)14(12,13)7-3-9-10-4-7/h3-4,6H,1-2,5H2,(H,9,10). The van der Waals surface area contributed by atoms with Crippen LogP contribution in [0, 0.1) is 0 Å². The second-order valence-corrected chi connectivity index (χ2v) is 5.74. The summed E-state index contributed by atoms with van der Waals surface area (Å²) in [5, 5.41) is 6.02. The van der Waals surface area contributed by atoms with Gasteiger partial charge >= 0.3 is 0 Å². The summed E-state index contributed by atoms with van der Waals surface area (Å²) in [6.45, 7) is 0.872. The van der Waals surface area contributed by atoms with E-state index in [9.17, 15) is 8.42 Å². The molecule has 2 heterocycles. The Labute approximate surface area is 87.1 Å². The predicted octanol–water partition coefficient (Wildman–Crippen LogP) is 0.411. The van der Waals surface area contributed by atoms with Crippen LogP contribution in [0.1, 0.15) is 6.42 Å². The van der Waals surface area contributed by atoms with E-state index in [1.54, 1.807) is 0 Å². The monoisotopic (exact) mass is 235 g/mol.